The van der Waals surface area contributed by atoms with Crippen molar-refractivity contribution in [2.45, 2.75) is 13.5 Å². The van der Waals surface area contributed by atoms with Gasteiger partial charge in [-0.2, -0.15) is 5.10 Å². The second kappa shape index (κ2) is 5.05. The molecule has 1 aromatic heterocycles. The molecule has 0 aliphatic heterocycles. The molecule has 0 bridgehead atoms. The molecule has 0 aliphatic carbocycles. The molecule has 0 spiro atoms. The molecule has 0 atom stereocenters. The van der Waals surface area contributed by atoms with Gasteiger partial charge in [0.1, 0.15) is 5.69 Å². The first-order valence-electron chi connectivity index (χ1n) is 5.53. The van der Waals surface area contributed by atoms with Crippen molar-refractivity contribution in [1.29, 1.82) is 0 Å². The molecule has 0 amide bonds. The standard InChI is InChI=1S/C12H11F2N3O2/c1-2-17-6-8(5-15-17)16-11-9(13)3-7(12(18)19)4-10(11)14/h3-6,16H,2H2,1H3,(H,18,19). The summed E-state index contributed by atoms with van der Waals surface area (Å²) in [6.07, 6.45) is 3.01. The summed E-state index contributed by atoms with van der Waals surface area (Å²) in [5, 5.41) is 15.2. The van der Waals surface area contributed by atoms with E-state index in [4.69, 9.17) is 5.11 Å². The third kappa shape index (κ3) is 2.70. The number of hydrogen-bond donors (Lipinski definition) is 2. The van der Waals surface area contributed by atoms with Crippen LogP contribution in [0.5, 0.6) is 0 Å². The van der Waals surface area contributed by atoms with Gasteiger partial charge >= 0.3 is 5.97 Å². The number of aryl methyl sites for hydroxylation is 1. The minimum atomic E-state index is -1.39. The fraction of sp³-hybridized carbons (Fsp3) is 0.167. The number of nitrogens with one attached hydrogen (secondary N) is 1. The highest BCUT2D eigenvalue weighted by Gasteiger charge is 2.15. The van der Waals surface area contributed by atoms with Crippen LogP contribution in [0.25, 0.3) is 0 Å². The van der Waals surface area contributed by atoms with Gasteiger partial charge in [0.25, 0.3) is 0 Å². The van der Waals surface area contributed by atoms with Crippen molar-refractivity contribution in [3.05, 3.63) is 41.7 Å². The van der Waals surface area contributed by atoms with Crippen molar-refractivity contribution in [3.8, 4) is 0 Å². The molecular weight excluding hydrogens is 256 g/mol. The van der Waals surface area contributed by atoms with E-state index >= 15 is 0 Å². The van der Waals surface area contributed by atoms with Gasteiger partial charge in [-0.1, -0.05) is 0 Å². The van der Waals surface area contributed by atoms with Gasteiger partial charge in [0.05, 0.1) is 17.4 Å². The summed E-state index contributed by atoms with van der Waals surface area (Å²) in [5.41, 5.74) is -0.423. The van der Waals surface area contributed by atoms with E-state index in [0.29, 0.717) is 12.2 Å². The number of aromatic nitrogens is 2. The number of nitrogens with zero attached hydrogens (tertiary/aromatic N) is 2. The fourth-order valence-electron chi connectivity index (χ4n) is 1.56. The molecule has 0 radical (unpaired) electrons. The number of carbonyl (C=O) groups is 1. The number of carboxylic acids is 1. The maximum Gasteiger partial charge on any atom is 0.335 e. The minimum Gasteiger partial charge on any atom is -0.478 e. The Morgan fingerprint density at radius 3 is 2.53 bits per heavy atom. The second-order valence-electron chi connectivity index (χ2n) is 3.83. The molecule has 7 heteroatoms. The van der Waals surface area contributed by atoms with Crippen molar-refractivity contribution in [1.82, 2.24) is 9.78 Å². The molecule has 1 heterocycles. The first-order valence-corrected chi connectivity index (χ1v) is 5.53. The average molecular weight is 267 g/mol. The van der Waals surface area contributed by atoms with Crippen molar-refractivity contribution in [2.75, 3.05) is 5.32 Å². The lowest BCUT2D eigenvalue weighted by Crippen LogP contribution is -2.03. The molecular formula is C12H11F2N3O2. The van der Waals surface area contributed by atoms with Crippen LogP contribution in [-0.2, 0) is 6.54 Å². The minimum absolute atomic E-state index is 0.402. The third-order valence-corrected chi connectivity index (χ3v) is 2.52. The van der Waals surface area contributed by atoms with Crippen molar-refractivity contribution < 1.29 is 18.7 Å². The van der Waals surface area contributed by atoms with E-state index in [2.05, 4.69) is 10.4 Å². The molecule has 0 saturated carbocycles. The molecule has 0 unspecified atom stereocenters. The highest BCUT2D eigenvalue weighted by atomic mass is 19.1. The van der Waals surface area contributed by atoms with Crippen molar-refractivity contribution in [3.63, 3.8) is 0 Å². The number of aromatic carboxylic acids is 1. The molecule has 2 aromatic rings. The molecule has 2 rings (SSSR count). The summed E-state index contributed by atoms with van der Waals surface area (Å²) in [7, 11) is 0. The van der Waals surface area contributed by atoms with Crippen LogP contribution in [0.15, 0.2) is 24.5 Å². The number of rotatable bonds is 4. The molecule has 1 aromatic carbocycles. The Kier molecular flexibility index (Phi) is 3.46. The zero-order valence-corrected chi connectivity index (χ0v) is 10.0. The van der Waals surface area contributed by atoms with Crippen LogP contribution in [0.1, 0.15) is 17.3 Å². The Morgan fingerprint density at radius 1 is 1.42 bits per heavy atom. The average Bonchev–Trinajstić information content (AvgIpc) is 2.81. The van der Waals surface area contributed by atoms with E-state index in [1.54, 1.807) is 10.9 Å². The van der Waals surface area contributed by atoms with Crippen LogP contribution in [0.4, 0.5) is 20.2 Å². The van der Waals surface area contributed by atoms with Gasteiger partial charge in [0.2, 0.25) is 0 Å². The van der Waals surface area contributed by atoms with E-state index in [-0.39, 0.29) is 0 Å². The summed E-state index contributed by atoms with van der Waals surface area (Å²) in [4.78, 5) is 10.7. The number of carboxylic acid groups (broad SMARTS) is 1. The fourth-order valence-corrected chi connectivity index (χ4v) is 1.56. The van der Waals surface area contributed by atoms with Crippen LogP contribution in [0, 0.1) is 11.6 Å². The van der Waals surface area contributed by atoms with E-state index in [1.165, 1.54) is 6.20 Å². The largest absolute Gasteiger partial charge is 0.478 e. The Hall–Kier alpha value is -2.44. The van der Waals surface area contributed by atoms with E-state index < -0.39 is 28.9 Å². The smallest absolute Gasteiger partial charge is 0.335 e. The molecule has 2 N–H and O–H groups in total. The predicted molar refractivity (Wildman–Crippen MR) is 64.5 cm³/mol. The highest BCUT2D eigenvalue weighted by molar-refractivity contribution is 5.88. The van der Waals surface area contributed by atoms with E-state index in [0.717, 1.165) is 12.1 Å². The Labute approximate surface area is 107 Å². The lowest BCUT2D eigenvalue weighted by atomic mass is 10.2. The Balaban J connectivity index is 2.32. The van der Waals surface area contributed by atoms with E-state index in [9.17, 15) is 13.6 Å². The first kappa shape index (κ1) is 13.0. The maximum atomic E-state index is 13.7. The second-order valence-corrected chi connectivity index (χ2v) is 3.83. The Bertz CT molecular complexity index is 602. The summed E-state index contributed by atoms with van der Waals surface area (Å²) < 4.78 is 28.9. The number of hydrogen-bond acceptors (Lipinski definition) is 3. The SMILES string of the molecule is CCn1cc(Nc2c(F)cc(C(=O)O)cc2F)cn1. The summed E-state index contributed by atoms with van der Waals surface area (Å²) in [6, 6.07) is 1.52. The lowest BCUT2D eigenvalue weighted by molar-refractivity contribution is 0.0696. The number of anilines is 2. The predicted octanol–water partition coefficient (Wildman–Crippen LogP) is 2.62. The summed E-state index contributed by atoms with van der Waals surface area (Å²) in [5.74, 6) is -3.33. The van der Waals surface area contributed by atoms with Crippen molar-refractivity contribution in [2.24, 2.45) is 0 Å². The summed E-state index contributed by atoms with van der Waals surface area (Å²) >= 11 is 0. The van der Waals surface area contributed by atoms with E-state index in [1.807, 2.05) is 6.92 Å². The van der Waals surface area contributed by atoms with Crippen LogP contribution in [0.2, 0.25) is 0 Å². The van der Waals surface area contributed by atoms with Crippen LogP contribution in [-0.4, -0.2) is 20.9 Å². The highest BCUT2D eigenvalue weighted by Crippen LogP contribution is 2.24. The Morgan fingerprint density at radius 2 is 2.05 bits per heavy atom. The van der Waals surface area contributed by atoms with Gasteiger partial charge in [-0.05, 0) is 19.1 Å². The maximum absolute atomic E-state index is 13.7. The number of benzene rings is 1. The lowest BCUT2D eigenvalue weighted by Gasteiger charge is -2.07. The monoisotopic (exact) mass is 267 g/mol. The molecule has 19 heavy (non-hydrogen) atoms. The molecule has 0 aliphatic rings. The van der Waals surface area contributed by atoms with Gasteiger partial charge in [-0.3, -0.25) is 4.68 Å². The van der Waals surface area contributed by atoms with Gasteiger partial charge in [-0.25, -0.2) is 13.6 Å². The van der Waals surface area contributed by atoms with Gasteiger partial charge in [0.15, 0.2) is 11.6 Å². The molecule has 100 valence electrons. The van der Waals surface area contributed by atoms with Crippen LogP contribution in [0.3, 0.4) is 0 Å². The van der Waals surface area contributed by atoms with Crippen molar-refractivity contribution >= 4 is 17.3 Å². The summed E-state index contributed by atoms with van der Waals surface area (Å²) in [6.45, 7) is 2.50. The topological polar surface area (TPSA) is 67.2 Å². The van der Waals surface area contributed by atoms with Crippen LogP contribution < -0.4 is 5.32 Å². The molecule has 0 saturated heterocycles. The zero-order chi connectivity index (χ0) is 14.0. The third-order valence-electron chi connectivity index (χ3n) is 2.52. The quantitative estimate of drug-likeness (QED) is 0.893. The zero-order valence-electron chi connectivity index (χ0n) is 10.0. The normalized spacial score (nSPS) is 10.5. The van der Waals surface area contributed by atoms with Gasteiger partial charge < -0.3 is 10.4 Å². The van der Waals surface area contributed by atoms with Gasteiger partial charge in [0, 0.05) is 12.7 Å². The van der Waals surface area contributed by atoms with Crippen LogP contribution >= 0.6 is 0 Å². The first-order chi connectivity index (χ1) is 9.01. The molecule has 5 nitrogen and oxygen atoms in total. The molecule has 0 fully saturated rings. The number of halogens is 2. The van der Waals surface area contributed by atoms with Gasteiger partial charge in [-0.15, -0.1) is 0 Å².